The Balaban J connectivity index is 3.62. The van der Waals surface area contributed by atoms with Gasteiger partial charge in [-0.25, -0.2) is 0 Å². The molecule has 2 nitrogen and oxygen atoms in total. The first-order chi connectivity index (χ1) is 7.27. The lowest BCUT2D eigenvalue weighted by molar-refractivity contribution is 0.130. The standard InChI is InChI=1S/C14H31NO/c1-7-16-12-8-9-14(5,6)10-11-15-13(2,3)4/h15H,7-12H2,1-6H3. The third-order valence-corrected chi connectivity index (χ3v) is 2.80. The molecule has 1 N–H and O–H groups in total. The lowest BCUT2D eigenvalue weighted by atomic mass is 9.84. The maximum absolute atomic E-state index is 5.37. The van der Waals surface area contributed by atoms with Gasteiger partial charge in [0.2, 0.25) is 0 Å². The van der Waals surface area contributed by atoms with Gasteiger partial charge < -0.3 is 10.1 Å². The molecule has 0 bridgehead atoms. The molecule has 0 aliphatic rings. The van der Waals surface area contributed by atoms with Crippen molar-refractivity contribution >= 4 is 0 Å². The van der Waals surface area contributed by atoms with Crippen molar-refractivity contribution < 1.29 is 4.74 Å². The molecule has 0 radical (unpaired) electrons. The van der Waals surface area contributed by atoms with Crippen molar-refractivity contribution in [2.45, 2.75) is 66.3 Å². The molecule has 0 saturated heterocycles. The van der Waals surface area contributed by atoms with Crippen molar-refractivity contribution in [1.82, 2.24) is 5.32 Å². The number of hydrogen-bond donors (Lipinski definition) is 1. The largest absolute Gasteiger partial charge is 0.382 e. The third kappa shape index (κ3) is 10.4. The van der Waals surface area contributed by atoms with E-state index >= 15 is 0 Å². The molecule has 0 saturated carbocycles. The van der Waals surface area contributed by atoms with Crippen LogP contribution in [-0.2, 0) is 4.74 Å². The monoisotopic (exact) mass is 229 g/mol. The molecule has 0 aromatic rings. The van der Waals surface area contributed by atoms with Crippen LogP contribution in [0.1, 0.15) is 60.8 Å². The average molecular weight is 229 g/mol. The van der Waals surface area contributed by atoms with Crippen molar-refractivity contribution in [1.29, 1.82) is 0 Å². The topological polar surface area (TPSA) is 21.3 Å². The highest BCUT2D eigenvalue weighted by atomic mass is 16.5. The molecule has 0 fully saturated rings. The summed E-state index contributed by atoms with van der Waals surface area (Å²) < 4.78 is 5.37. The van der Waals surface area contributed by atoms with Crippen molar-refractivity contribution in [3.8, 4) is 0 Å². The maximum atomic E-state index is 5.37. The first kappa shape index (κ1) is 15.9. The Bertz CT molecular complexity index is 170. The highest BCUT2D eigenvalue weighted by Gasteiger charge is 2.18. The van der Waals surface area contributed by atoms with Gasteiger partial charge >= 0.3 is 0 Å². The minimum atomic E-state index is 0.238. The number of rotatable bonds is 8. The van der Waals surface area contributed by atoms with E-state index in [0.717, 1.165) is 19.8 Å². The van der Waals surface area contributed by atoms with Gasteiger partial charge in [0.05, 0.1) is 0 Å². The molecule has 0 aromatic carbocycles. The highest BCUT2D eigenvalue weighted by Crippen LogP contribution is 2.26. The van der Waals surface area contributed by atoms with Crippen LogP contribution in [0.4, 0.5) is 0 Å². The van der Waals surface area contributed by atoms with Crippen molar-refractivity contribution in [3.05, 3.63) is 0 Å². The Morgan fingerprint density at radius 1 is 1.00 bits per heavy atom. The van der Waals surface area contributed by atoms with E-state index in [2.05, 4.69) is 46.9 Å². The molecule has 0 aliphatic heterocycles. The minimum Gasteiger partial charge on any atom is -0.382 e. The lowest BCUT2D eigenvalue weighted by Gasteiger charge is -2.28. The van der Waals surface area contributed by atoms with Gasteiger partial charge in [0, 0.05) is 18.8 Å². The lowest BCUT2D eigenvalue weighted by Crippen LogP contribution is -2.37. The summed E-state index contributed by atoms with van der Waals surface area (Å²) in [6.07, 6.45) is 3.66. The molecule has 0 unspecified atom stereocenters. The summed E-state index contributed by atoms with van der Waals surface area (Å²) in [5.41, 5.74) is 0.663. The summed E-state index contributed by atoms with van der Waals surface area (Å²) in [7, 11) is 0. The third-order valence-electron chi connectivity index (χ3n) is 2.80. The van der Waals surface area contributed by atoms with Crippen LogP contribution in [0.3, 0.4) is 0 Å². The van der Waals surface area contributed by atoms with E-state index in [9.17, 15) is 0 Å². The molecule has 0 spiro atoms. The van der Waals surface area contributed by atoms with E-state index in [0.29, 0.717) is 5.41 Å². The summed E-state index contributed by atoms with van der Waals surface area (Å²) >= 11 is 0. The van der Waals surface area contributed by atoms with Gasteiger partial charge in [-0.2, -0.15) is 0 Å². The summed E-state index contributed by atoms with van der Waals surface area (Å²) in [6, 6.07) is 0. The SMILES string of the molecule is CCOCCCC(C)(C)CCNC(C)(C)C. The normalized spacial score (nSPS) is 13.1. The smallest absolute Gasteiger partial charge is 0.0466 e. The zero-order valence-electron chi connectivity index (χ0n) is 12.2. The Hall–Kier alpha value is -0.0800. The Labute approximate surface area is 102 Å². The molecular formula is C14H31NO. The van der Waals surface area contributed by atoms with E-state index in [1.54, 1.807) is 0 Å². The molecule has 98 valence electrons. The Morgan fingerprint density at radius 3 is 2.12 bits per heavy atom. The number of ether oxygens (including phenoxy) is 1. The molecular weight excluding hydrogens is 198 g/mol. The zero-order valence-corrected chi connectivity index (χ0v) is 12.2. The number of nitrogens with one attached hydrogen (secondary N) is 1. The van der Waals surface area contributed by atoms with E-state index in [-0.39, 0.29) is 5.54 Å². The van der Waals surface area contributed by atoms with Crippen LogP contribution in [0.15, 0.2) is 0 Å². The van der Waals surface area contributed by atoms with E-state index in [1.807, 2.05) is 0 Å². The van der Waals surface area contributed by atoms with Crippen molar-refractivity contribution in [2.24, 2.45) is 5.41 Å². The van der Waals surface area contributed by atoms with Gasteiger partial charge in [0.15, 0.2) is 0 Å². The van der Waals surface area contributed by atoms with Crippen LogP contribution in [0, 0.1) is 5.41 Å². The van der Waals surface area contributed by atoms with Gasteiger partial charge in [-0.1, -0.05) is 13.8 Å². The molecule has 16 heavy (non-hydrogen) atoms. The highest BCUT2D eigenvalue weighted by molar-refractivity contribution is 4.74. The molecule has 0 aliphatic carbocycles. The molecule has 0 rings (SSSR count). The number of hydrogen-bond acceptors (Lipinski definition) is 2. The van der Waals surface area contributed by atoms with Crippen molar-refractivity contribution in [3.63, 3.8) is 0 Å². The summed E-state index contributed by atoms with van der Waals surface area (Å²) in [5.74, 6) is 0. The van der Waals surface area contributed by atoms with Gasteiger partial charge in [-0.3, -0.25) is 0 Å². The second kappa shape index (κ2) is 7.29. The predicted octanol–water partition coefficient (Wildman–Crippen LogP) is 3.61. The predicted molar refractivity (Wildman–Crippen MR) is 71.9 cm³/mol. The average Bonchev–Trinajstić information content (AvgIpc) is 2.10. The van der Waals surface area contributed by atoms with Crippen LogP contribution in [-0.4, -0.2) is 25.3 Å². The van der Waals surface area contributed by atoms with E-state index < -0.39 is 0 Å². The van der Waals surface area contributed by atoms with Gasteiger partial charge in [0.25, 0.3) is 0 Å². The van der Waals surface area contributed by atoms with Gasteiger partial charge in [-0.15, -0.1) is 0 Å². The van der Waals surface area contributed by atoms with E-state index in [1.165, 1.54) is 19.3 Å². The van der Waals surface area contributed by atoms with Crippen molar-refractivity contribution in [2.75, 3.05) is 19.8 Å². The second-order valence-electron chi connectivity index (χ2n) is 6.39. The van der Waals surface area contributed by atoms with Crippen LogP contribution < -0.4 is 5.32 Å². The summed E-state index contributed by atoms with van der Waals surface area (Å²) in [6.45, 7) is 16.3. The molecule has 0 heterocycles. The quantitative estimate of drug-likeness (QED) is 0.642. The maximum Gasteiger partial charge on any atom is 0.0466 e. The van der Waals surface area contributed by atoms with Crippen LogP contribution >= 0.6 is 0 Å². The molecule has 0 atom stereocenters. The summed E-state index contributed by atoms with van der Waals surface area (Å²) in [4.78, 5) is 0. The van der Waals surface area contributed by atoms with Crippen LogP contribution in [0.5, 0.6) is 0 Å². The van der Waals surface area contributed by atoms with Gasteiger partial charge in [-0.05, 0) is 58.9 Å². The van der Waals surface area contributed by atoms with Crippen LogP contribution in [0.25, 0.3) is 0 Å². The molecule has 2 heteroatoms. The molecule has 0 aromatic heterocycles. The first-order valence-corrected chi connectivity index (χ1v) is 6.60. The van der Waals surface area contributed by atoms with E-state index in [4.69, 9.17) is 4.74 Å². The minimum absolute atomic E-state index is 0.238. The first-order valence-electron chi connectivity index (χ1n) is 6.60. The van der Waals surface area contributed by atoms with Gasteiger partial charge in [0.1, 0.15) is 0 Å². The summed E-state index contributed by atoms with van der Waals surface area (Å²) in [5, 5.41) is 3.55. The Morgan fingerprint density at radius 2 is 1.62 bits per heavy atom. The second-order valence-corrected chi connectivity index (χ2v) is 6.39. The zero-order chi connectivity index (χ0) is 12.7. The van der Waals surface area contributed by atoms with Crippen LogP contribution in [0.2, 0.25) is 0 Å². The Kier molecular flexibility index (Phi) is 7.25. The fourth-order valence-corrected chi connectivity index (χ4v) is 1.70. The fraction of sp³-hybridized carbons (Fsp3) is 1.00. The fourth-order valence-electron chi connectivity index (χ4n) is 1.70. The molecule has 0 amide bonds.